The molecule has 0 N–H and O–H groups in total. The zero-order valence-corrected chi connectivity index (χ0v) is 16.8. The topological polar surface area (TPSA) is 97.6 Å². The number of nitrogens with zero attached hydrogens (tertiary/aromatic N) is 2. The average Bonchev–Trinajstić information content (AvgIpc) is 3.17. The zero-order chi connectivity index (χ0) is 19.8. The van der Waals surface area contributed by atoms with Crippen molar-refractivity contribution >= 4 is 44.4 Å². The highest BCUT2D eigenvalue weighted by molar-refractivity contribution is 7.91. The largest absolute Gasteiger partial charge is 0.329 e. The molecule has 1 saturated heterocycles. The Morgan fingerprint density at radius 2 is 2.15 bits per heavy atom. The molecule has 144 valence electrons. The van der Waals surface area contributed by atoms with Crippen molar-refractivity contribution in [3.05, 3.63) is 60.8 Å². The lowest BCUT2D eigenvalue weighted by molar-refractivity contribution is -0.384. The molecular formula is C17H17ClN2O5S2. The fraction of sp³-hybridized carbons (Fsp3) is 0.353. The number of benzene rings is 1. The summed E-state index contributed by atoms with van der Waals surface area (Å²) in [6.07, 6.45) is 0.355. The lowest BCUT2D eigenvalue weighted by atomic mass is 10.1. The quantitative estimate of drug-likeness (QED) is 0.536. The third kappa shape index (κ3) is 4.31. The zero-order valence-electron chi connectivity index (χ0n) is 14.4. The van der Waals surface area contributed by atoms with Crippen LogP contribution in [0, 0.1) is 17.0 Å². The third-order valence-corrected chi connectivity index (χ3v) is 7.66. The first-order valence-electron chi connectivity index (χ1n) is 8.16. The second-order valence-electron chi connectivity index (χ2n) is 6.44. The van der Waals surface area contributed by atoms with Gasteiger partial charge in [-0.25, -0.2) is 8.42 Å². The first-order valence-corrected chi connectivity index (χ1v) is 11.2. The van der Waals surface area contributed by atoms with Gasteiger partial charge < -0.3 is 4.90 Å². The van der Waals surface area contributed by atoms with Gasteiger partial charge in [0.1, 0.15) is 5.02 Å². The van der Waals surface area contributed by atoms with E-state index in [0.717, 1.165) is 16.5 Å². The lowest BCUT2D eigenvalue weighted by Crippen LogP contribution is -2.40. The monoisotopic (exact) mass is 428 g/mol. The van der Waals surface area contributed by atoms with Gasteiger partial charge in [-0.2, -0.15) is 0 Å². The van der Waals surface area contributed by atoms with Crippen LogP contribution in [0.25, 0.3) is 0 Å². The van der Waals surface area contributed by atoms with Gasteiger partial charge in [-0.1, -0.05) is 11.6 Å². The van der Waals surface area contributed by atoms with E-state index in [1.165, 1.54) is 28.4 Å². The molecule has 1 unspecified atom stereocenters. The summed E-state index contributed by atoms with van der Waals surface area (Å²) in [5.74, 6) is -0.505. The SMILES string of the molecule is Cc1ccsc1CN(C(=O)c1ccc(Cl)c([N+](=O)[O-])c1)C1CCS(=O)(=O)C1. The van der Waals surface area contributed by atoms with Gasteiger partial charge in [0.05, 0.1) is 23.0 Å². The molecule has 10 heteroatoms. The minimum absolute atomic E-state index is 0.0334. The summed E-state index contributed by atoms with van der Waals surface area (Å²) in [4.78, 5) is 26.1. The smallest absolute Gasteiger partial charge is 0.288 e. The molecule has 1 atom stereocenters. The van der Waals surface area contributed by atoms with Gasteiger partial charge in [0.2, 0.25) is 0 Å². The minimum Gasteiger partial charge on any atom is -0.329 e. The van der Waals surface area contributed by atoms with Crippen LogP contribution in [-0.2, 0) is 16.4 Å². The van der Waals surface area contributed by atoms with Gasteiger partial charge in [0, 0.05) is 22.5 Å². The van der Waals surface area contributed by atoms with Crippen LogP contribution in [0.1, 0.15) is 27.2 Å². The summed E-state index contributed by atoms with van der Waals surface area (Å²) in [6.45, 7) is 2.19. The molecule has 1 aromatic heterocycles. The molecule has 27 heavy (non-hydrogen) atoms. The molecule has 0 saturated carbocycles. The van der Waals surface area contributed by atoms with E-state index in [4.69, 9.17) is 11.6 Å². The lowest BCUT2D eigenvalue weighted by Gasteiger charge is -2.28. The summed E-state index contributed by atoms with van der Waals surface area (Å²) in [5.41, 5.74) is 0.777. The van der Waals surface area contributed by atoms with Gasteiger partial charge in [0.15, 0.2) is 9.84 Å². The highest BCUT2D eigenvalue weighted by Crippen LogP contribution is 2.29. The van der Waals surface area contributed by atoms with Crippen molar-refractivity contribution in [2.45, 2.75) is 25.9 Å². The Labute approximate surface area is 165 Å². The number of carbonyl (C=O) groups is 1. The summed E-state index contributed by atoms with van der Waals surface area (Å²) >= 11 is 7.32. The van der Waals surface area contributed by atoms with Gasteiger partial charge in [-0.15, -0.1) is 11.3 Å². The predicted octanol–water partition coefficient (Wildman–Crippen LogP) is 3.45. The Bertz CT molecular complexity index is 1000. The maximum atomic E-state index is 13.1. The molecule has 1 aromatic carbocycles. The first kappa shape index (κ1) is 19.8. The standard InChI is InChI=1S/C17H17ClN2O5S2/c1-11-4-6-26-16(11)9-19(13-5-7-27(24,25)10-13)17(21)12-2-3-14(18)15(8-12)20(22)23/h2-4,6,8,13H,5,7,9-10H2,1H3. The number of halogens is 1. The molecule has 1 aliphatic rings. The second kappa shape index (κ2) is 7.57. The van der Waals surface area contributed by atoms with E-state index in [2.05, 4.69) is 0 Å². The summed E-state index contributed by atoms with van der Waals surface area (Å²) in [6, 6.07) is 5.35. The number of rotatable bonds is 5. The highest BCUT2D eigenvalue weighted by atomic mass is 35.5. The van der Waals surface area contributed by atoms with Gasteiger partial charge in [0.25, 0.3) is 11.6 Å². The van der Waals surface area contributed by atoms with Crippen molar-refractivity contribution in [3.8, 4) is 0 Å². The normalized spacial score (nSPS) is 18.4. The van der Waals surface area contributed by atoms with Crippen LogP contribution in [0.15, 0.2) is 29.6 Å². The molecule has 2 heterocycles. The van der Waals surface area contributed by atoms with E-state index in [1.807, 2.05) is 18.4 Å². The number of amides is 1. The number of nitro benzene ring substituents is 1. The molecule has 2 aromatic rings. The van der Waals surface area contributed by atoms with Crippen LogP contribution in [0.3, 0.4) is 0 Å². The van der Waals surface area contributed by atoms with Crippen LogP contribution < -0.4 is 0 Å². The Kier molecular flexibility index (Phi) is 5.55. The van der Waals surface area contributed by atoms with E-state index in [-0.39, 0.29) is 34.3 Å². The van der Waals surface area contributed by atoms with E-state index < -0.39 is 26.7 Å². The number of hydrogen-bond donors (Lipinski definition) is 0. The predicted molar refractivity (Wildman–Crippen MR) is 104 cm³/mol. The van der Waals surface area contributed by atoms with Crippen molar-refractivity contribution in [1.29, 1.82) is 0 Å². The van der Waals surface area contributed by atoms with Gasteiger partial charge >= 0.3 is 0 Å². The minimum atomic E-state index is -3.19. The van der Waals surface area contributed by atoms with E-state index >= 15 is 0 Å². The highest BCUT2D eigenvalue weighted by Gasteiger charge is 2.35. The Morgan fingerprint density at radius 1 is 1.41 bits per heavy atom. The number of carbonyl (C=O) groups excluding carboxylic acids is 1. The molecule has 0 spiro atoms. The van der Waals surface area contributed by atoms with Crippen molar-refractivity contribution in [2.24, 2.45) is 0 Å². The second-order valence-corrected chi connectivity index (χ2v) is 10.1. The Hall–Kier alpha value is -1.97. The third-order valence-electron chi connectivity index (χ3n) is 4.58. The maximum absolute atomic E-state index is 13.1. The van der Waals surface area contributed by atoms with Crippen molar-refractivity contribution in [3.63, 3.8) is 0 Å². The summed E-state index contributed by atoms with van der Waals surface area (Å²) in [5, 5.41) is 13.0. The van der Waals surface area contributed by atoms with E-state index in [1.54, 1.807) is 0 Å². The molecule has 0 bridgehead atoms. The van der Waals surface area contributed by atoms with Crippen LogP contribution in [-0.4, -0.2) is 41.7 Å². The number of hydrogen-bond acceptors (Lipinski definition) is 6. The summed E-state index contributed by atoms with van der Waals surface area (Å²) < 4.78 is 23.8. The molecule has 0 aliphatic carbocycles. The fourth-order valence-corrected chi connectivity index (χ4v) is 5.88. The molecule has 1 amide bonds. The number of nitro groups is 1. The molecule has 3 rings (SSSR count). The van der Waals surface area contributed by atoms with Gasteiger partial charge in [-0.3, -0.25) is 14.9 Å². The van der Waals surface area contributed by atoms with Crippen LogP contribution in [0.5, 0.6) is 0 Å². The first-order chi connectivity index (χ1) is 12.7. The molecule has 1 aliphatic heterocycles. The molecular weight excluding hydrogens is 412 g/mol. The van der Waals surface area contributed by atoms with E-state index in [9.17, 15) is 23.3 Å². The Morgan fingerprint density at radius 3 is 2.70 bits per heavy atom. The van der Waals surface area contributed by atoms with Crippen molar-refractivity contribution in [1.82, 2.24) is 4.90 Å². The number of thiophene rings is 1. The van der Waals surface area contributed by atoms with Crippen LogP contribution >= 0.6 is 22.9 Å². The number of aryl methyl sites for hydroxylation is 1. The number of sulfone groups is 1. The molecule has 7 nitrogen and oxygen atoms in total. The van der Waals surface area contributed by atoms with Crippen molar-refractivity contribution < 1.29 is 18.1 Å². The fourth-order valence-electron chi connectivity index (χ4n) is 3.06. The van der Waals surface area contributed by atoms with E-state index in [0.29, 0.717) is 6.42 Å². The Balaban J connectivity index is 1.97. The average molecular weight is 429 g/mol. The van der Waals surface area contributed by atoms with Crippen LogP contribution in [0.2, 0.25) is 5.02 Å². The summed E-state index contributed by atoms with van der Waals surface area (Å²) in [7, 11) is -3.19. The molecule has 0 radical (unpaired) electrons. The van der Waals surface area contributed by atoms with Crippen molar-refractivity contribution in [2.75, 3.05) is 11.5 Å². The molecule has 1 fully saturated rings. The van der Waals surface area contributed by atoms with Crippen LogP contribution in [0.4, 0.5) is 5.69 Å². The maximum Gasteiger partial charge on any atom is 0.288 e. The van der Waals surface area contributed by atoms with Gasteiger partial charge in [-0.05, 0) is 42.5 Å².